The second-order valence-electron chi connectivity index (χ2n) is 4.85. The first-order chi connectivity index (χ1) is 9.74. The molecule has 0 aliphatic carbocycles. The molecular formula is C16H18N2OS. The second kappa shape index (κ2) is 5.38. The van der Waals surface area contributed by atoms with Crippen LogP contribution in [0.25, 0.3) is 22.4 Å². The van der Waals surface area contributed by atoms with Crippen LogP contribution in [-0.2, 0) is 6.42 Å². The Kier molecular flexibility index (Phi) is 3.59. The number of furan rings is 1. The molecule has 0 bridgehead atoms. The lowest BCUT2D eigenvalue weighted by Crippen LogP contribution is -2.07. The maximum absolute atomic E-state index is 6.05. The third-order valence-corrected chi connectivity index (χ3v) is 4.54. The minimum absolute atomic E-state index is 0.0169. The first kappa shape index (κ1) is 13.3. The zero-order valence-electron chi connectivity index (χ0n) is 11.7. The van der Waals surface area contributed by atoms with E-state index in [0.717, 1.165) is 34.9 Å². The van der Waals surface area contributed by atoms with Crippen LogP contribution in [0.5, 0.6) is 0 Å². The van der Waals surface area contributed by atoms with Gasteiger partial charge in [-0.25, -0.2) is 4.98 Å². The molecule has 1 aromatic carbocycles. The smallest absolute Gasteiger partial charge is 0.157 e. The molecule has 1 atom stereocenters. The van der Waals surface area contributed by atoms with Crippen LogP contribution in [0.4, 0.5) is 0 Å². The number of para-hydroxylation sites is 1. The molecule has 3 rings (SSSR count). The van der Waals surface area contributed by atoms with E-state index >= 15 is 0 Å². The number of benzene rings is 1. The number of rotatable bonds is 4. The summed E-state index contributed by atoms with van der Waals surface area (Å²) in [6.07, 6.45) is 1.83. The van der Waals surface area contributed by atoms with Crippen LogP contribution < -0.4 is 5.73 Å². The summed E-state index contributed by atoms with van der Waals surface area (Å²) in [6.45, 7) is 4.22. The van der Waals surface area contributed by atoms with Crippen molar-refractivity contribution < 1.29 is 4.42 Å². The standard InChI is InChI=1S/C16H18N2OS/c1-3-10-11-7-5-6-8-14(11)19-15(10)13-9-20-16(18-13)12(17)4-2/h5-9,12H,3-4,17H2,1-2H3. The molecule has 0 aliphatic rings. The quantitative estimate of drug-likeness (QED) is 0.766. The van der Waals surface area contributed by atoms with Crippen molar-refractivity contribution in [3.05, 3.63) is 40.2 Å². The molecule has 2 aromatic heterocycles. The van der Waals surface area contributed by atoms with Crippen molar-refractivity contribution in [2.24, 2.45) is 5.73 Å². The highest BCUT2D eigenvalue weighted by Crippen LogP contribution is 2.35. The summed E-state index contributed by atoms with van der Waals surface area (Å²) in [5.41, 5.74) is 9.10. The van der Waals surface area contributed by atoms with Gasteiger partial charge in [-0.15, -0.1) is 11.3 Å². The normalized spacial score (nSPS) is 12.9. The van der Waals surface area contributed by atoms with Crippen molar-refractivity contribution >= 4 is 22.3 Å². The molecule has 2 N–H and O–H groups in total. The van der Waals surface area contributed by atoms with Crippen molar-refractivity contribution in [2.75, 3.05) is 0 Å². The van der Waals surface area contributed by atoms with Gasteiger partial charge < -0.3 is 10.2 Å². The minimum Gasteiger partial charge on any atom is -0.454 e. The van der Waals surface area contributed by atoms with Gasteiger partial charge >= 0.3 is 0 Å². The molecule has 20 heavy (non-hydrogen) atoms. The summed E-state index contributed by atoms with van der Waals surface area (Å²) in [5, 5.41) is 4.20. The van der Waals surface area contributed by atoms with Gasteiger partial charge in [0, 0.05) is 16.3 Å². The SMILES string of the molecule is CCc1c(-c2csc(C(N)CC)n2)oc2ccccc12. The molecule has 0 radical (unpaired) electrons. The summed E-state index contributed by atoms with van der Waals surface area (Å²) in [5.74, 6) is 0.888. The number of nitrogens with two attached hydrogens (primary N) is 1. The van der Waals surface area contributed by atoms with Crippen molar-refractivity contribution in [3.63, 3.8) is 0 Å². The molecular weight excluding hydrogens is 268 g/mol. The topological polar surface area (TPSA) is 52.0 Å². The van der Waals surface area contributed by atoms with Gasteiger partial charge in [-0.1, -0.05) is 32.0 Å². The van der Waals surface area contributed by atoms with E-state index < -0.39 is 0 Å². The van der Waals surface area contributed by atoms with Gasteiger partial charge in [0.05, 0.1) is 6.04 Å². The van der Waals surface area contributed by atoms with Crippen molar-refractivity contribution in [1.29, 1.82) is 0 Å². The Morgan fingerprint density at radius 1 is 1.30 bits per heavy atom. The first-order valence-corrected chi connectivity index (χ1v) is 7.84. The molecule has 0 spiro atoms. The highest BCUT2D eigenvalue weighted by Gasteiger charge is 2.18. The van der Waals surface area contributed by atoms with E-state index in [0.29, 0.717) is 0 Å². The van der Waals surface area contributed by atoms with Gasteiger partial charge in [0.2, 0.25) is 0 Å². The van der Waals surface area contributed by atoms with E-state index in [1.807, 2.05) is 23.6 Å². The number of nitrogens with zero attached hydrogens (tertiary/aromatic N) is 1. The van der Waals surface area contributed by atoms with E-state index in [1.165, 1.54) is 10.9 Å². The lowest BCUT2D eigenvalue weighted by atomic mass is 10.1. The van der Waals surface area contributed by atoms with E-state index in [2.05, 4.69) is 24.9 Å². The summed E-state index contributed by atoms with van der Waals surface area (Å²) in [4.78, 5) is 4.65. The molecule has 0 amide bonds. The summed E-state index contributed by atoms with van der Waals surface area (Å²) >= 11 is 1.61. The molecule has 3 nitrogen and oxygen atoms in total. The fourth-order valence-corrected chi connectivity index (χ4v) is 3.28. The average molecular weight is 286 g/mol. The third-order valence-electron chi connectivity index (χ3n) is 3.56. The zero-order chi connectivity index (χ0) is 14.1. The Bertz CT molecular complexity index is 729. The van der Waals surface area contributed by atoms with Crippen molar-refractivity contribution in [3.8, 4) is 11.5 Å². The Labute approximate surface area is 122 Å². The molecule has 0 saturated carbocycles. The van der Waals surface area contributed by atoms with Crippen LogP contribution in [0.1, 0.15) is 36.9 Å². The molecule has 0 aliphatic heterocycles. The fourth-order valence-electron chi connectivity index (χ4n) is 2.39. The van der Waals surface area contributed by atoms with Crippen LogP contribution in [0.2, 0.25) is 0 Å². The summed E-state index contributed by atoms with van der Waals surface area (Å²) < 4.78 is 6.01. The first-order valence-electron chi connectivity index (χ1n) is 6.96. The lowest BCUT2D eigenvalue weighted by Gasteiger charge is -2.02. The Morgan fingerprint density at radius 2 is 2.10 bits per heavy atom. The number of thiazole rings is 1. The molecule has 2 heterocycles. The van der Waals surface area contributed by atoms with Crippen LogP contribution in [0.15, 0.2) is 34.1 Å². The molecule has 104 valence electrons. The van der Waals surface area contributed by atoms with E-state index in [9.17, 15) is 0 Å². The molecule has 0 fully saturated rings. The molecule has 3 aromatic rings. The van der Waals surface area contributed by atoms with Crippen LogP contribution in [0.3, 0.4) is 0 Å². The predicted octanol–water partition coefficient (Wildman–Crippen LogP) is 4.53. The number of aromatic nitrogens is 1. The molecule has 4 heteroatoms. The maximum atomic E-state index is 6.05. The second-order valence-corrected chi connectivity index (χ2v) is 5.73. The molecule has 0 saturated heterocycles. The van der Waals surface area contributed by atoms with E-state index in [4.69, 9.17) is 10.2 Å². The number of fused-ring (bicyclic) bond motifs is 1. The highest BCUT2D eigenvalue weighted by molar-refractivity contribution is 7.10. The Balaban J connectivity index is 2.11. The Hall–Kier alpha value is -1.65. The predicted molar refractivity (Wildman–Crippen MR) is 83.9 cm³/mol. The Morgan fingerprint density at radius 3 is 2.85 bits per heavy atom. The highest BCUT2D eigenvalue weighted by atomic mass is 32.1. The third kappa shape index (κ3) is 2.15. The van der Waals surface area contributed by atoms with Gasteiger partial charge in [-0.3, -0.25) is 0 Å². The van der Waals surface area contributed by atoms with E-state index in [1.54, 1.807) is 11.3 Å². The van der Waals surface area contributed by atoms with E-state index in [-0.39, 0.29) is 6.04 Å². The fraction of sp³-hybridized carbons (Fsp3) is 0.312. The summed E-state index contributed by atoms with van der Waals surface area (Å²) in [7, 11) is 0. The van der Waals surface area contributed by atoms with Gasteiger partial charge in [0.25, 0.3) is 0 Å². The van der Waals surface area contributed by atoms with Gasteiger partial charge in [-0.05, 0) is 18.9 Å². The average Bonchev–Trinajstić information content (AvgIpc) is 3.10. The minimum atomic E-state index is 0.0169. The van der Waals surface area contributed by atoms with Crippen LogP contribution in [-0.4, -0.2) is 4.98 Å². The van der Waals surface area contributed by atoms with Crippen LogP contribution in [0, 0.1) is 0 Å². The maximum Gasteiger partial charge on any atom is 0.157 e. The van der Waals surface area contributed by atoms with Gasteiger partial charge in [0.1, 0.15) is 16.3 Å². The van der Waals surface area contributed by atoms with Crippen molar-refractivity contribution in [1.82, 2.24) is 4.98 Å². The van der Waals surface area contributed by atoms with Crippen LogP contribution >= 0.6 is 11.3 Å². The summed E-state index contributed by atoms with van der Waals surface area (Å²) in [6, 6.07) is 8.16. The van der Waals surface area contributed by atoms with Gasteiger partial charge in [0.15, 0.2) is 5.76 Å². The van der Waals surface area contributed by atoms with Gasteiger partial charge in [-0.2, -0.15) is 0 Å². The number of aryl methyl sites for hydroxylation is 1. The monoisotopic (exact) mass is 286 g/mol. The number of hydrogen-bond donors (Lipinski definition) is 1. The lowest BCUT2D eigenvalue weighted by molar-refractivity contribution is 0.623. The zero-order valence-corrected chi connectivity index (χ0v) is 12.5. The number of hydrogen-bond acceptors (Lipinski definition) is 4. The van der Waals surface area contributed by atoms with Crippen molar-refractivity contribution in [2.45, 2.75) is 32.7 Å². The largest absolute Gasteiger partial charge is 0.454 e. The molecule has 1 unspecified atom stereocenters.